The van der Waals surface area contributed by atoms with Gasteiger partial charge in [-0.3, -0.25) is 25.0 Å². The summed E-state index contributed by atoms with van der Waals surface area (Å²) < 4.78 is 5.28. The summed E-state index contributed by atoms with van der Waals surface area (Å²) in [6.45, 7) is 1.89. The van der Waals surface area contributed by atoms with Crippen molar-refractivity contribution in [3.63, 3.8) is 0 Å². The number of ether oxygens (including phenoxy) is 1. The molecule has 4 atom stereocenters. The van der Waals surface area contributed by atoms with Crippen LogP contribution in [0.5, 0.6) is 0 Å². The number of carbonyl (C=O) groups excluding carboxylic acids is 2. The van der Waals surface area contributed by atoms with Crippen molar-refractivity contribution in [2.45, 2.75) is 69.6 Å². The first-order chi connectivity index (χ1) is 17.8. The zero-order valence-electron chi connectivity index (χ0n) is 20.7. The third-order valence-corrected chi connectivity index (χ3v) is 7.13. The topological polar surface area (TPSA) is 139 Å². The molecule has 4 rings (SSSR count). The molecule has 196 valence electrons. The summed E-state index contributed by atoms with van der Waals surface area (Å²) in [5, 5.41) is 24.6. The van der Waals surface area contributed by atoms with Crippen molar-refractivity contribution in [2.75, 3.05) is 6.61 Å². The van der Waals surface area contributed by atoms with Gasteiger partial charge in [-0.05, 0) is 62.1 Å². The molecule has 10 heteroatoms. The van der Waals surface area contributed by atoms with Gasteiger partial charge in [-0.2, -0.15) is 0 Å². The minimum atomic E-state index is -1.11. The molecule has 0 radical (unpaired) electrons. The number of fused-ring (bicyclic) bond motifs is 3. The third-order valence-electron chi connectivity index (χ3n) is 7.13. The van der Waals surface area contributed by atoms with Crippen molar-refractivity contribution in [1.29, 1.82) is 0 Å². The number of esters is 1. The maximum atomic E-state index is 13.9. The number of carboxylic acid groups (broad SMARTS) is 1. The zero-order valence-corrected chi connectivity index (χ0v) is 20.7. The van der Waals surface area contributed by atoms with E-state index < -0.39 is 46.9 Å². The van der Waals surface area contributed by atoms with Crippen molar-refractivity contribution in [3.8, 4) is 0 Å². The molecule has 0 saturated carbocycles. The van der Waals surface area contributed by atoms with Gasteiger partial charge in [0.2, 0.25) is 5.91 Å². The first-order valence-electron chi connectivity index (χ1n) is 12.6. The molecule has 37 heavy (non-hydrogen) atoms. The van der Waals surface area contributed by atoms with Crippen LogP contribution in [0, 0.1) is 10.1 Å². The minimum absolute atomic E-state index is 0.109. The van der Waals surface area contributed by atoms with E-state index in [0.29, 0.717) is 37.7 Å². The van der Waals surface area contributed by atoms with Crippen LogP contribution in [-0.2, 0) is 32.0 Å². The summed E-state index contributed by atoms with van der Waals surface area (Å²) in [5.74, 6) is -2.02. The van der Waals surface area contributed by atoms with E-state index in [-0.39, 0.29) is 18.7 Å². The summed E-state index contributed by atoms with van der Waals surface area (Å²) >= 11 is 0. The maximum absolute atomic E-state index is 13.9. The number of carbonyl (C=O) groups is 3. The lowest BCUT2D eigenvalue weighted by molar-refractivity contribution is -0.385. The Morgan fingerprint density at radius 3 is 2.65 bits per heavy atom. The van der Waals surface area contributed by atoms with Crippen LogP contribution < -0.4 is 5.32 Å². The molecule has 2 aliphatic heterocycles. The van der Waals surface area contributed by atoms with Gasteiger partial charge in [-0.1, -0.05) is 36.4 Å². The van der Waals surface area contributed by atoms with Crippen LogP contribution in [0.2, 0.25) is 0 Å². The van der Waals surface area contributed by atoms with E-state index in [1.807, 2.05) is 30.3 Å². The number of carboxylic acids is 1. The van der Waals surface area contributed by atoms with Crippen molar-refractivity contribution in [1.82, 2.24) is 10.2 Å². The standard InChI is InChI=1S/C27H31N3O7/c1-2-37-27(34)21(14-11-17-7-4-3-5-8-17)28-22-15-18-12-13-19(30(35)36)16-20(18)23-9-6-10-24(26(32)33)29(23)25(22)31/h3-5,7-8,12-13,16,21-24,28H,2,6,9-11,14-15H2,1H3,(H,32,33)/t21-,22+,23-,24+/m0/s1. The Kier molecular flexibility index (Phi) is 8.17. The molecule has 0 aliphatic carbocycles. The summed E-state index contributed by atoms with van der Waals surface area (Å²) in [6, 6.07) is 10.8. The molecule has 2 N–H and O–H groups in total. The molecule has 2 aromatic carbocycles. The van der Waals surface area contributed by atoms with E-state index in [4.69, 9.17) is 4.74 Å². The molecule has 0 bridgehead atoms. The molecule has 10 nitrogen and oxygen atoms in total. The van der Waals surface area contributed by atoms with E-state index in [0.717, 1.165) is 11.1 Å². The van der Waals surface area contributed by atoms with E-state index in [1.165, 1.54) is 17.0 Å². The van der Waals surface area contributed by atoms with Crippen LogP contribution in [0.15, 0.2) is 48.5 Å². The Labute approximate surface area is 214 Å². The number of nitrogens with one attached hydrogen (secondary N) is 1. The second-order valence-corrected chi connectivity index (χ2v) is 9.44. The second kappa shape index (κ2) is 11.5. The number of nitro benzene ring substituents is 1. The molecular weight excluding hydrogens is 478 g/mol. The van der Waals surface area contributed by atoms with Gasteiger partial charge in [0.15, 0.2) is 0 Å². The fourth-order valence-electron chi connectivity index (χ4n) is 5.37. The van der Waals surface area contributed by atoms with Gasteiger partial charge >= 0.3 is 11.9 Å². The Morgan fingerprint density at radius 2 is 1.97 bits per heavy atom. The van der Waals surface area contributed by atoms with Gasteiger partial charge in [-0.25, -0.2) is 4.79 Å². The molecule has 1 saturated heterocycles. The normalized spacial score (nSPS) is 21.8. The van der Waals surface area contributed by atoms with Gasteiger partial charge in [0, 0.05) is 12.1 Å². The van der Waals surface area contributed by atoms with Gasteiger partial charge in [-0.15, -0.1) is 0 Å². The lowest BCUT2D eigenvalue weighted by Gasteiger charge is -2.41. The number of nitrogens with zero attached hydrogens (tertiary/aromatic N) is 2. The number of non-ortho nitro benzene ring substituents is 1. The van der Waals surface area contributed by atoms with Gasteiger partial charge in [0.1, 0.15) is 12.1 Å². The van der Waals surface area contributed by atoms with Crippen LogP contribution in [0.25, 0.3) is 0 Å². The van der Waals surface area contributed by atoms with Crippen molar-refractivity contribution >= 4 is 23.5 Å². The first kappa shape index (κ1) is 26.3. The Bertz CT molecular complexity index is 1170. The Morgan fingerprint density at radius 1 is 1.22 bits per heavy atom. The Hall–Kier alpha value is -3.79. The molecule has 0 spiro atoms. The van der Waals surface area contributed by atoms with Gasteiger partial charge < -0.3 is 14.7 Å². The molecule has 0 aromatic heterocycles. The van der Waals surface area contributed by atoms with Crippen LogP contribution in [-0.4, -0.2) is 57.5 Å². The summed E-state index contributed by atoms with van der Waals surface area (Å²) in [7, 11) is 0. The van der Waals surface area contributed by atoms with E-state index in [2.05, 4.69) is 5.32 Å². The van der Waals surface area contributed by atoms with Crippen LogP contribution in [0.3, 0.4) is 0 Å². The van der Waals surface area contributed by atoms with E-state index in [9.17, 15) is 29.6 Å². The number of aliphatic carboxylic acids is 1. The van der Waals surface area contributed by atoms with Crippen LogP contribution in [0.1, 0.15) is 55.3 Å². The zero-order chi connectivity index (χ0) is 26.5. The number of hydrogen-bond acceptors (Lipinski definition) is 7. The number of hydrogen-bond donors (Lipinski definition) is 2. The molecule has 1 amide bonds. The summed E-state index contributed by atoms with van der Waals surface area (Å²) in [5.41, 5.74) is 2.24. The first-order valence-corrected chi connectivity index (χ1v) is 12.6. The highest BCUT2D eigenvalue weighted by atomic mass is 16.6. The lowest BCUT2D eigenvalue weighted by atomic mass is 9.89. The molecule has 2 aromatic rings. The highest BCUT2D eigenvalue weighted by Crippen LogP contribution is 2.40. The maximum Gasteiger partial charge on any atom is 0.326 e. The number of rotatable bonds is 9. The monoisotopic (exact) mass is 509 g/mol. The number of nitro groups is 1. The molecule has 1 fully saturated rings. The van der Waals surface area contributed by atoms with Gasteiger partial charge in [0.25, 0.3) is 5.69 Å². The van der Waals surface area contributed by atoms with Crippen molar-refractivity contribution < 1.29 is 29.2 Å². The SMILES string of the molecule is CCOC(=O)[C@H](CCc1ccccc1)N[C@@H]1Cc2ccc([N+](=O)[O-])cc2[C@@H]2CCC[C@H](C(=O)O)N2C1=O. The van der Waals surface area contributed by atoms with Crippen molar-refractivity contribution in [3.05, 3.63) is 75.3 Å². The summed E-state index contributed by atoms with van der Waals surface area (Å²) in [6.07, 6.45) is 2.51. The summed E-state index contributed by atoms with van der Waals surface area (Å²) in [4.78, 5) is 51.2. The quantitative estimate of drug-likeness (QED) is 0.299. The molecule has 2 heterocycles. The fourth-order valence-corrected chi connectivity index (χ4v) is 5.37. The number of aryl methyl sites for hydroxylation is 1. The second-order valence-electron chi connectivity index (χ2n) is 9.44. The molecular formula is C27H31N3O7. The lowest BCUT2D eigenvalue weighted by Crippen LogP contribution is -2.57. The number of amides is 1. The van der Waals surface area contributed by atoms with E-state index >= 15 is 0 Å². The molecule has 0 unspecified atom stereocenters. The average molecular weight is 510 g/mol. The minimum Gasteiger partial charge on any atom is -0.480 e. The third kappa shape index (κ3) is 5.80. The van der Waals surface area contributed by atoms with Crippen LogP contribution >= 0.6 is 0 Å². The molecule has 2 aliphatic rings. The van der Waals surface area contributed by atoms with Crippen LogP contribution in [0.4, 0.5) is 5.69 Å². The number of piperidine rings is 1. The van der Waals surface area contributed by atoms with Crippen molar-refractivity contribution in [2.24, 2.45) is 0 Å². The van der Waals surface area contributed by atoms with E-state index in [1.54, 1.807) is 13.0 Å². The highest BCUT2D eigenvalue weighted by molar-refractivity contribution is 5.89. The highest BCUT2D eigenvalue weighted by Gasteiger charge is 2.45. The largest absolute Gasteiger partial charge is 0.480 e. The smallest absolute Gasteiger partial charge is 0.326 e. The number of benzene rings is 2. The van der Waals surface area contributed by atoms with Gasteiger partial charge in [0.05, 0.1) is 23.6 Å². The average Bonchev–Trinajstić information content (AvgIpc) is 3.01. The predicted octanol–water partition coefficient (Wildman–Crippen LogP) is 3.18. The fraction of sp³-hybridized carbons (Fsp3) is 0.444. The predicted molar refractivity (Wildman–Crippen MR) is 134 cm³/mol. The Balaban J connectivity index is 1.68.